The highest BCUT2D eigenvalue weighted by Gasteiger charge is 2.15. The number of nitrogens with one attached hydrogen (secondary N) is 1. The number of carbonyl (C=O) groups excluding carboxylic acids is 1. The highest BCUT2D eigenvalue weighted by Crippen LogP contribution is 2.14. The summed E-state index contributed by atoms with van der Waals surface area (Å²) in [7, 11) is 0. The van der Waals surface area contributed by atoms with Gasteiger partial charge in [0.25, 0.3) is 0 Å². The van der Waals surface area contributed by atoms with Gasteiger partial charge in [-0.1, -0.05) is 13.3 Å². The lowest BCUT2D eigenvalue weighted by molar-refractivity contribution is -0.143. The summed E-state index contributed by atoms with van der Waals surface area (Å²) in [6, 6.07) is 0. The maximum absolute atomic E-state index is 11.2. The molecule has 1 aliphatic rings. The number of piperidine rings is 1. The van der Waals surface area contributed by atoms with Crippen molar-refractivity contribution in [2.45, 2.75) is 52.4 Å². The van der Waals surface area contributed by atoms with Gasteiger partial charge in [0.2, 0.25) is 0 Å². The smallest absolute Gasteiger partial charge is 0.305 e. The summed E-state index contributed by atoms with van der Waals surface area (Å²) in [4.78, 5) is 13.8. The van der Waals surface area contributed by atoms with E-state index in [1.54, 1.807) is 0 Å². The summed E-state index contributed by atoms with van der Waals surface area (Å²) in [6.45, 7) is 10.5. The fourth-order valence-corrected chi connectivity index (χ4v) is 2.82. The first-order valence-electron chi connectivity index (χ1n) is 8.35. The number of hydrogen-bond acceptors (Lipinski definition) is 4. The van der Waals surface area contributed by atoms with Gasteiger partial charge in [0, 0.05) is 13.0 Å². The third-order valence-electron chi connectivity index (χ3n) is 4.08. The number of nitrogens with zero attached hydrogens (tertiary/aromatic N) is 1. The third-order valence-corrected chi connectivity index (χ3v) is 4.08. The second-order valence-electron chi connectivity index (χ2n) is 5.70. The summed E-state index contributed by atoms with van der Waals surface area (Å²) in [5.41, 5.74) is 0. The zero-order chi connectivity index (χ0) is 14.6. The van der Waals surface area contributed by atoms with Crippen molar-refractivity contribution in [2.75, 3.05) is 39.3 Å². The molecule has 0 unspecified atom stereocenters. The molecule has 0 aromatic rings. The van der Waals surface area contributed by atoms with Gasteiger partial charge in [-0.15, -0.1) is 0 Å². The van der Waals surface area contributed by atoms with Crippen LogP contribution in [0.25, 0.3) is 0 Å². The molecule has 4 nitrogen and oxygen atoms in total. The SMILES string of the molecule is CCOC(=O)CCCCCN(CC)CC1CCNCC1. The van der Waals surface area contributed by atoms with E-state index < -0.39 is 0 Å². The molecule has 0 saturated carbocycles. The van der Waals surface area contributed by atoms with Crippen molar-refractivity contribution in [3.63, 3.8) is 0 Å². The number of carbonyl (C=O) groups is 1. The van der Waals surface area contributed by atoms with Crippen LogP contribution in [0.3, 0.4) is 0 Å². The molecule has 0 aliphatic carbocycles. The molecule has 1 heterocycles. The fraction of sp³-hybridized carbons (Fsp3) is 0.938. The van der Waals surface area contributed by atoms with Crippen molar-refractivity contribution < 1.29 is 9.53 Å². The second kappa shape index (κ2) is 11.1. The Bertz CT molecular complexity index is 253. The molecule has 0 amide bonds. The number of unbranched alkanes of at least 4 members (excludes halogenated alkanes) is 2. The molecule has 20 heavy (non-hydrogen) atoms. The van der Waals surface area contributed by atoms with Crippen LogP contribution in [0.4, 0.5) is 0 Å². The van der Waals surface area contributed by atoms with E-state index in [-0.39, 0.29) is 5.97 Å². The lowest BCUT2D eigenvalue weighted by Gasteiger charge is -2.29. The Morgan fingerprint density at radius 3 is 2.60 bits per heavy atom. The van der Waals surface area contributed by atoms with Crippen molar-refractivity contribution in [1.29, 1.82) is 0 Å². The molecule has 118 valence electrons. The Morgan fingerprint density at radius 1 is 1.20 bits per heavy atom. The van der Waals surface area contributed by atoms with Gasteiger partial charge in [-0.05, 0) is 64.7 Å². The van der Waals surface area contributed by atoms with Gasteiger partial charge in [0.05, 0.1) is 6.61 Å². The summed E-state index contributed by atoms with van der Waals surface area (Å²) in [5, 5.41) is 3.42. The molecule has 0 aromatic heterocycles. The summed E-state index contributed by atoms with van der Waals surface area (Å²) in [5.74, 6) is 0.824. The Labute approximate surface area is 124 Å². The number of ether oxygens (including phenoxy) is 1. The van der Waals surface area contributed by atoms with E-state index in [0.717, 1.165) is 25.3 Å². The molecule has 0 bridgehead atoms. The van der Waals surface area contributed by atoms with Gasteiger partial charge in [0.15, 0.2) is 0 Å². The van der Waals surface area contributed by atoms with E-state index in [1.165, 1.54) is 45.4 Å². The van der Waals surface area contributed by atoms with Crippen molar-refractivity contribution >= 4 is 5.97 Å². The minimum atomic E-state index is -0.0467. The molecule has 4 heteroatoms. The molecule has 0 radical (unpaired) electrons. The standard InChI is InChI=1S/C16H32N2O2/c1-3-18(14-15-9-11-17-12-10-15)13-7-5-6-8-16(19)20-4-2/h15,17H,3-14H2,1-2H3. The molecule has 0 spiro atoms. The van der Waals surface area contributed by atoms with Gasteiger partial charge >= 0.3 is 5.97 Å². The maximum atomic E-state index is 11.2. The van der Waals surface area contributed by atoms with E-state index >= 15 is 0 Å². The second-order valence-corrected chi connectivity index (χ2v) is 5.70. The summed E-state index contributed by atoms with van der Waals surface area (Å²) < 4.78 is 4.94. The van der Waals surface area contributed by atoms with E-state index in [9.17, 15) is 4.79 Å². The molecule has 1 fully saturated rings. The van der Waals surface area contributed by atoms with Crippen LogP contribution in [0.5, 0.6) is 0 Å². The molecule has 1 N–H and O–H groups in total. The van der Waals surface area contributed by atoms with Crippen LogP contribution in [0.2, 0.25) is 0 Å². The van der Waals surface area contributed by atoms with Crippen molar-refractivity contribution in [3.8, 4) is 0 Å². The molecule has 1 saturated heterocycles. The average molecular weight is 284 g/mol. The van der Waals surface area contributed by atoms with E-state index in [0.29, 0.717) is 13.0 Å². The monoisotopic (exact) mass is 284 g/mol. The first-order chi connectivity index (χ1) is 9.76. The van der Waals surface area contributed by atoms with Crippen molar-refractivity contribution in [3.05, 3.63) is 0 Å². The van der Waals surface area contributed by atoms with E-state index in [4.69, 9.17) is 4.74 Å². The average Bonchev–Trinajstić information content (AvgIpc) is 2.47. The molecule has 0 aromatic carbocycles. The molecular formula is C16H32N2O2. The van der Waals surface area contributed by atoms with Crippen LogP contribution in [0.15, 0.2) is 0 Å². The predicted molar refractivity (Wildman–Crippen MR) is 82.8 cm³/mol. The van der Waals surface area contributed by atoms with Crippen molar-refractivity contribution in [2.24, 2.45) is 5.92 Å². The van der Waals surface area contributed by atoms with Gasteiger partial charge in [-0.25, -0.2) is 0 Å². The van der Waals surface area contributed by atoms with Crippen LogP contribution in [-0.2, 0) is 9.53 Å². The highest BCUT2D eigenvalue weighted by molar-refractivity contribution is 5.69. The molecular weight excluding hydrogens is 252 g/mol. The summed E-state index contributed by atoms with van der Waals surface area (Å²) in [6.07, 6.45) is 6.50. The van der Waals surface area contributed by atoms with Crippen LogP contribution in [-0.4, -0.2) is 50.2 Å². The molecule has 1 rings (SSSR count). The topological polar surface area (TPSA) is 41.6 Å². The number of rotatable bonds is 10. The quantitative estimate of drug-likeness (QED) is 0.494. The van der Waals surface area contributed by atoms with E-state index in [2.05, 4.69) is 17.1 Å². The Balaban J connectivity index is 2.04. The van der Waals surface area contributed by atoms with Crippen LogP contribution in [0, 0.1) is 5.92 Å². The van der Waals surface area contributed by atoms with E-state index in [1.807, 2.05) is 6.92 Å². The Hall–Kier alpha value is -0.610. The predicted octanol–water partition coefficient (Wildman–Crippen LogP) is 2.43. The minimum absolute atomic E-state index is 0.0467. The lowest BCUT2D eigenvalue weighted by Crippen LogP contribution is -2.36. The van der Waals surface area contributed by atoms with Gasteiger partial charge in [0.1, 0.15) is 0 Å². The van der Waals surface area contributed by atoms with Gasteiger partial charge in [-0.2, -0.15) is 0 Å². The fourth-order valence-electron chi connectivity index (χ4n) is 2.82. The first kappa shape index (κ1) is 17.4. The van der Waals surface area contributed by atoms with Crippen LogP contribution in [0.1, 0.15) is 52.4 Å². The summed E-state index contributed by atoms with van der Waals surface area (Å²) >= 11 is 0. The van der Waals surface area contributed by atoms with Crippen molar-refractivity contribution in [1.82, 2.24) is 10.2 Å². The Kier molecular flexibility index (Phi) is 9.67. The third kappa shape index (κ3) is 7.85. The number of esters is 1. The van der Waals surface area contributed by atoms with Crippen LogP contribution >= 0.6 is 0 Å². The largest absolute Gasteiger partial charge is 0.466 e. The number of hydrogen-bond donors (Lipinski definition) is 1. The van der Waals surface area contributed by atoms with Crippen LogP contribution < -0.4 is 5.32 Å². The van der Waals surface area contributed by atoms with Gasteiger partial charge < -0.3 is 15.0 Å². The highest BCUT2D eigenvalue weighted by atomic mass is 16.5. The minimum Gasteiger partial charge on any atom is -0.466 e. The molecule has 1 aliphatic heterocycles. The first-order valence-corrected chi connectivity index (χ1v) is 8.35. The Morgan fingerprint density at radius 2 is 1.95 bits per heavy atom. The lowest BCUT2D eigenvalue weighted by atomic mass is 9.97. The zero-order valence-electron chi connectivity index (χ0n) is 13.3. The normalized spacial score (nSPS) is 16.6. The van der Waals surface area contributed by atoms with Gasteiger partial charge in [-0.3, -0.25) is 4.79 Å². The maximum Gasteiger partial charge on any atom is 0.305 e. The zero-order valence-corrected chi connectivity index (χ0v) is 13.3. The molecule has 0 atom stereocenters.